The Balaban J connectivity index is 1.82. The zero-order valence-electron chi connectivity index (χ0n) is 10.4. The van der Waals surface area contributed by atoms with Crippen molar-refractivity contribution in [2.45, 2.75) is 35.9 Å². The standard InChI is InChI=1S/C13H19NO2S2/c15-8-3-7-14(11-4-1-5-11)12(16)10-18-13-6-2-9-17-13/h2,6,9,11,15H,1,3-5,7-8,10H2. The molecule has 1 amide bonds. The summed E-state index contributed by atoms with van der Waals surface area (Å²) in [5.74, 6) is 0.731. The summed E-state index contributed by atoms with van der Waals surface area (Å²) < 4.78 is 1.19. The predicted octanol–water partition coefficient (Wildman–Crippen LogP) is 2.60. The third-order valence-corrected chi connectivity index (χ3v) is 5.34. The summed E-state index contributed by atoms with van der Waals surface area (Å²) in [4.78, 5) is 14.2. The molecule has 3 nitrogen and oxygen atoms in total. The summed E-state index contributed by atoms with van der Waals surface area (Å²) in [6, 6.07) is 4.48. The van der Waals surface area contributed by atoms with Gasteiger partial charge in [0.1, 0.15) is 0 Å². The lowest BCUT2D eigenvalue weighted by atomic mass is 9.91. The molecule has 0 saturated heterocycles. The van der Waals surface area contributed by atoms with E-state index >= 15 is 0 Å². The number of nitrogens with zero attached hydrogens (tertiary/aromatic N) is 1. The number of hydrogen-bond donors (Lipinski definition) is 1. The van der Waals surface area contributed by atoms with Gasteiger partial charge in [0.2, 0.25) is 5.91 Å². The van der Waals surface area contributed by atoms with E-state index in [2.05, 4.69) is 0 Å². The zero-order valence-corrected chi connectivity index (χ0v) is 12.0. The Labute approximate surface area is 116 Å². The van der Waals surface area contributed by atoms with Gasteiger partial charge < -0.3 is 10.0 Å². The molecule has 5 heteroatoms. The van der Waals surface area contributed by atoms with Crippen LogP contribution in [0.3, 0.4) is 0 Å². The van der Waals surface area contributed by atoms with E-state index in [1.54, 1.807) is 23.1 Å². The third kappa shape index (κ3) is 3.73. The summed E-state index contributed by atoms with van der Waals surface area (Å²) in [6.07, 6.45) is 4.17. The van der Waals surface area contributed by atoms with Crippen molar-refractivity contribution in [3.63, 3.8) is 0 Å². The molecule has 1 saturated carbocycles. The fourth-order valence-corrected chi connectivity index (χ4v) is 3.68. The lowest BCUT2D eigenvalue weighted by Gasteiger charge is -2.37. The van der Waals surface area contributed by atoms with Gasteiger partial charge in [0.25, 0.3) is 0 Å². The van der Waals surface area contributed by atoms with E-state index in [0.29, 0.717) is 24.8 Å². The molecule has 2 rings (SSSR count). The summed E-state index contributed by atoms with van der Waals surface area (Å²) >= 11 is 3.29. The highest BCUT2D eigenvalue weighted by Crippen LogP contribution is 2.28. The average molecular weight is 285 g/mol. The number of carbonyl (C=O) groups is 1. The Bertz CT molecular complexity index is 363. The highest BCUT2D eigenvalue weighted by atomic mass is 32.2. The quantitative estimate of drug-likeness (QED) is 0.783. The molecule has 18 heavy (non-hydrogen) atoms. The fourth-order valence-electron chi connectivity index (χ4n) is 2.01. The van der Waals surface area contributed by atoms with Crippen molar-refractivity contribution in [3.05, 3.63) is 17.5 Å². The minimum Gasteiger partial charge on any atom is -0.396 e. The molecule has 1 heterocycles. The van der Waals surface area contributed by atoms with Crippen LogP contribution in [0.15, 0.2) is 21.7 Å². The number of thioether (sulfide) groups is 1. The van der Waals surface area contributed by atoms with Crippen molar-refractivity contribution >= 4 is 29.0 Å². The van der Waals surface area contributed by atoms with Crippen molar-refractivity contribution < 1.29 is 9.90 Å². The van der Waals surface area contributed by atoms with Gasteiger partial charge in [-0.15, -0.1) is 23.1 Å². The lowest BCUT2D eigenvalue weighted by Crippen LogP contribution is -2.45. The van der Waals surface area contributed by atoms with E-state index in [4.69, 9.17) is 5.11 Å². The molecule has 1 aromatic heterocycles. The van der Waals surface area contributed by atoms with Gasteiger partial charge in [-0.1, -0.05) is 6.07 Å². The molecule has 0 aromatic carbocycles. The van der Waals surface area contributed by atoms with Crippen molar-refractivity contribution in [2.24, 2.45) is 0 Å². The van der Waals surface area contributed by atoms with Crippen LogP contribution in [-0.2, 0) is 4.79 Å². The second kappa shape index (κ2) is 7.16. The molecule has 100 valence electrons. The van der Waals surface area contributed by atoms with Crippen molar-refractivity contribution in [3.8, 4) is 0 Å². The van der Waals surface area contributed by atoms with Crippen LogP contribution in [0.1, 0.15) is 25.7 Å². The highest BCUT2D eigenvalue weighted by Gasteiger charge is 2.28. The van der Waals surface area contributed by atoms with Crippen LogP contribution < -0.4 is 0 Å². The molecule has 0 aliphatic heterocycles. The average Bonchev–Trinajstić information content (AvgIpc) is 2.81. The van der Waals surface area contributed by atoms with Gasteiger partial charge in [0.15, 0.2) is 0 Å². The number of aliphatic hydroxyl groups excluding tert-OH is 1. The van der Waals surface area contributed by atoms with Crippen LogP contribution >= 0.6 is 23.1 Å². The van der Waals surface area contributed by atoms with Gasteiger partial charge in [-0.25, -0.2) is 0 Å². The molecule has 1 aliphatic carbocycles. The molecule has 0 radical (unpaired) electrons. The molecule has 0 atom stereocenters. The number of rotatable bonds is 7. The Morgan fingerprint density at radius 2 is 2.39 bits per heavy atom. The molecule has 1 aromatic rings. The van der Waals surface area contributed by atoms with E-state index in [0.717, 1.165) is 12.8 Å². The third-order valence-electron chi connectivity index (χ3n) is 3.23. The summed E-state index contributed by atoms with van der Waals surface area (Å²) in [5.41, 5.74) is 0. The molecule has 0 bridgehead atoms. The Hall–Kier alpha value is -0.520. The number of amides is 1. The maximum absolute atomic E-state index is 12.2. The van der Waals surface area contributed by atoms with Crippen LogP contribution in [-0.4, -0.2) is 40.9 Å². The lowest BCUT2D eigenvalue weighted by molar-refractivity contribution is -0.132. The van der Waals surface area contributed by atoms with E-state index in [-0.39, 0.29) is 12.5 Å². The monoisotopic (exact) mass is 285 g/mol. The first kappa shape index (κ1) is 13.9. The second-order valence-electron chi connectivity index (χ2n) is 4.47. The molecule has 1 fully saturated rings. The van der Waals surface area contributed by atoms with E-state index in [1.165, 1.54) is 10.6 Å². The highest BCUT2D eigenvalue weighted by molar-refractivity contribution is 8.01. The molecule has 0 spiro atoms. The molecule has 0 unspecified atom stereocenters. The van der Waals surface area contributed by atoms with Crippen LogP contribution in [0.5, 0.6) is 0 Å². The zero-order chi connectivity index (χ0) is 12.8. The fraction of sp³-hybridized carbons (Fsp3) is 0.615. The number of aliphatic hydroxyl groups is 1. The van der Waals surface area contributed by atoms with Crippen molar-refractivity contribution in [1.82, 2.24) is 4.90 Å². The number of thiophene rings is 1. The van der Waals surface area contributed by atoms with E-state index < -0.39 is 0 Å². The van der Waals surface area contributed by atoms with Gasteiger partial charge in [-0.3, -0.25) is 4.79 Å². The summed E-state index contributed by atoms with van der Waals surface area (Å²) in [6.45, 7) is 0.861. The van der Waals surface area contributed by atoms with E-state index in [9.17, 15) is 4.79 Å². The van der Waals surface area contributed by atoms with Gasteiger partial charge >= 0.3 is 0 Å². The second-order valence-corrected chi connectivity index (χ2v) is 6.69. The maximum Gasteiger partial charge on any atom is 0.233 e. The molecular weight excluding hydrogens is 266 g/mol. The summed E-state index contributed by atoms with van der Waals surface area (Å²) in [5, 5.41) is 10.9. The van der Waals surface area contributed by atoms with Crippen LogP contribution in [0.25, 0.3) is 0 Å². The molecular formula is C13H19NO2S2. The van der Waals surface area contributed by atoms with E-state index in [1.807, 2.05) is 22.4 Å². The van der Waals surface area contributed by atoms with Gasteiger partial charge in [0, 0.05) is 19.2 Å². The predicted molar refractivity (Wildman–Crippen MR) is 76.1 cm³/mol. The largest absolute Gasteiger partial charge is 0.396 e. The first-order valence-corrected chi connectivity index (χ1v) is 8.24. The topological polar surface area (TPSA) is 40.5 Å². The normalized spacial score (nSPS) is 15.4. The molecule has 1 aliphatic rings. The number of hydrogen-bond acceptors (Lipinski definition) is 4. The first-order chi connectivity index (χ1) is 8.81. The Morgan fingerprint density at radius 3 is 2.94 bits per heavy atom. The van der Waals surface area contributed by atoms with Gasteiger partial charge in [-0.2, -0.15) is 0 Å². The van der Waals surface area contributed by atoms with Gasteiger partial charge in [0.05, 0.1) is 9.96 Å². The Morgan fingerprint density at radius 1 is 1.56 bits per heavy atom. The van der Waals surface area contributed by atoms with Crippen LogP contribution in [0.2, 0.25) is 0 Å². The maximum atomic E-state index is 12.2. The Kier molecular flexibility index (Phi) is 5.53. The first-order valence-electron chi connectivity index (χ1n) is 6.38. The van der Waals surface area contributed by atoms with Gasteiger partial charge in [-0.05, 0) is 37.1 Å². The summed E-state index contributed by atoms with van der Waals surface area (Å²) in [7, 11) is 0. The van der Waals surface area contributed by atoms with Crippen LogP contribution in [0, 0.1) is 0 Å². The smallest absolute Gasteiger partial charge is 0.233 e. The SMILES string of the molecule is O=C(CSc1cccs1)N(CCCO)C1CCC1. The van der Waals surface area contributed by atoms with Crippen molar-refractivity contribution in [2.75, 3.05) is 18.9 Å². The van der Waals surface area contributed by atoms with Crippen molar-refractivity contribution in [1.29, 1.82) is 0 Å². The minimum atomic E-state index is 0.161. The minimum absolute atomic E-state index is 0.161. The van der Waals surface area contributed by atoms with Crippen LogP contribution in [0.4, 0.5) is 0 Å². The number of carbonyl (C=O) groups excluding carboxylic acids is 1. The molecule has 1 N–H and O–H groups in total.